The smallest absolute Gasteiger partial charge is 0.287 e. The van der Waals surface area contributed by atoms with Crippen LogP contribution in [0.25, 0.3) is 32.9 Å². The van der Waals surface area contributed by atoms with Crippen LogP contribution in [0.1, 0.15) is 132 Å². The van der Waals surface area contributed by atoms with E-state index in [-0.39, 0.29) is 63.2 Å². The van der Waals surface area contributed by atoms with Crippen molar-refractivity contribution in [2.24, 2.45) is 34.0 Å². The van der Waals surface area contributed by atoms with E-state index >= 15 is 0 Å². The maximum atomic E-state index is 13.5. The van der Waals surface area contributed by atoms with E-state index < -0.39 is 9.84 Å². The van der Waals surface area contributed by atoms with E-state index in [9.17, 15) is 37.2 Å². The van der Waals surface area contributed by atoms with Crippen LogP contribution in [-0.2, 0) is 22.9 Å². The summed E-state index contributed by atoms with van der Waals surface area (Å²) in [5, 5.41) is 11.7. The quantitative estimate of drug-likeness (QED) is 0.0766. The maximum Gasteiger partial charge on any atom is 0.287 e. The molecule has 6 saturated heterocycles. The van der Waals surface area contributed by atoms with Gasteiger partial charge in [-0.1, -0.05) is 30.3 Å². The Morgan fingerprint density at radius 1 is 0.432 bits per heavy atom. The monoisotopic (exact) mass is 1520 g/mol. The van der Waals surface area contributed by atoms with Gasteiger partial charge in [0.25, 0.3) is 35.4 Å². The number of likely N-dealkylation sites (N-methyl/N-ethyl adjacent to an activating group) is 2. The number of sulfone groups is 1. The van der Waals surface area contributed by atoms with Crippen LogP contribution >= 0.6 is 0 Å². The molecule has 3 saturated carbocycles. The lowest BCUT2D eigenvalue weighted by molar-refractivity contribution is 0.0657. The summed E-state index contributed by atoms with van der Waals surface area (Å²) >= 11 is 0. The number of anilines is 1. The first-order valence-electron chi connectivity index (χ1n) is 39.6. The highest BCUT2D eigenvalue weighted by atomic mass is 32.2. The Morgan fingerprint density at radius 3 is 1.20 bits per heavy atom. The van der Waals surface area contributed by atoms with E-state index in [1.54, 1.807) is 55.4 Å². The molecule has 0 radical (unpaired) electrons. The van der Waals surface area contributed by atoms with E-state index in [1.807, 2.05) is 87.5 Å². The van der Waals surface area contributed by atoms with Crippen molar-refractivity contribution in [2.75, 3.05) is 155 Å². The molecule has 3 N–H and O–H groups in total. The number of pyridine rings is 3. The van der Waals surface area contributed by atoms with Crippen LogP contribution in [0.2, 0.25) is 0 Å². The van der Waals surface area contributed by atoms with Gasteiger partial charge in [0.1, 0.15) is 0 Å². The highest BCUT2D eigenvalue weighted by molar-refractivity contribution is 7.91. The van der Waals surface area contributed by atoms with Gasteiger partial charge in [-0.05, 0) is 196 Å². The number of nitrogens with one attached hydrogen (secondary N) is 3. The summed E-state index contributed by atoms with van der Waals surface area (Å²) in [7, 11) is 1.41. The predicted molar refractivity (Wildman–Crippen MR) is 422 cm³/mol. The first-order chi connectivity index (χ1) is 53.8. The Bertz CT molecular complexity index is 4870. The molecule has 6 aliphatic heterocycles. The first kappa shape index (κ1) is 75.2. The molecule has 3 spiro atoms. The minimum Gasteiger partial charge on any atom is -0.449 e. The van der Waals surface area contributed by atoms with Gasteiger partial charge in [-0.2, -0.15) is 0 Å². The van der Waals surface area contributed by atoms with Gasteiger partial charge in [0.2, 0.25) is 0 Å². The van der Waals surface area contributed by atoms with Gasteiger partial charge in [-0.3, -0.25) is 53.5 Å². The summed E-state index contributed by atoms with van der Waals surface area (Å²) in [5.41, 5.74) is 8.19. The summed E-state index contributed by atoms with van der Waals surface area (Å²) in [6.45, 7) is 17.8. The van der Waals surface area contributed by atoms with E-state index in [1.165, 1.54) is 5.56 Å². The average molecular weight is 1530 g/mol. The van der Waals surface area contributed by atoms with Gasteiger partial charge in [0.05, 0.1) is 30.1 Å². The standard InChI is InChI=1S/2C29H35N5O3.C27H30N4O5S/c1-32-12-14-33(15-13-32)20-21-2-4-22(5-3-21)28(36)34-10-7-29(8-11-34)17-24(29)18-31-27(35)25-16-23-6-9-30-19-26(23)37-25;1-32-12-14-33(15-13-32)20-22-4-2-3-5-24(22)28(36)34-10-7-29(8-11-34)17-23(29)18-31-27(35)25-16-21-6-9-30-19-26(21)37-25;32-25(23-15-20-5-8-28-18-24(20)36-23)29-17-21-16-27(21)6-9-31(10-7-27)26(33)19-1-3-22(4-2-19)30-11-13-37(34,35)14-12-30/h2-6,9,16,19,24H,7-8,10-15,17-18,20H2,1H3,(H,31,35);2-6,9,16,19,23H,7-8,10-15,17-18,20H2,1H3,(H,31,35);1-5,8,15,18,21H,6-7,9-14,16-17H2,(H,29,32). The van der Waals surface area contributed by atoms with Crippen LogP contribution in [0.15, 0.2) is 160 Å². The largest absolute Gasteiger partial charge is 0.449 e. The summed E-state index contributed by atoms with van der Waals surface area (Å²) in [6, 6.07) is 34.6. The van der Waals surface area contributed by atoms with Crippen LogP contribution in [0.4, 0.5) is 5.69 Å². The molecule has 111 heavy (non-hydrogen) atoms. The van der Waals surface area contributed by atoms with E-state index in [0.29, 0.717) is 103 Å². The molecule has 9 fully saturated rings. The zero-order valence-corrected chi connectivity index (χ0v) is 64.4. The topological polar surface area (TPSA) is 277 Å². The molecule has 3 aromatic carbocycles. The van der Waals surface area contributed by atoms with E-state index in [2.05, 4.69) is 87.7 Å². The second-order valence-corrected chi connectivity index (χ2v) is 34.9. The normalized spacial score (nSPS) is 22.0. The van der Waals surface area contributed by atoms with Crippen LogP contribution < -0.4 is 20.9 Å². The Morgan fingerprint density at radius 2 is 0.802 bits per heavy atom. The molecule has 3 atom stereocenters. The van der Waals surface area contributed by atoms with Gasteiger partial charge >= 0.3 is 0 Å². The number of piperazine rings is 2. The number of furan rings is 3. The number of benzene rings is 3. The maximum absolute atomic E-state index is 13.5. The van der Waals surface area contributed by atoms with Gasteiger partial charge < -0.3 is 58.6 Å². The molecule has 12 heterocycles. The van der Waals surface area contributed by atoms with Crippen molar-refractivity contribution in [1.29, 1.82) is 0 Å². The molecular weight excluding hydrogens is 1430 g/mol. The van der Waals surface area contributed by atoms with Crippen molar-refractivity contribution >= 4 is 83.9 Å². The predicted octanol–water partition coefficient (Wildman–Crippen LogP) is 9.23. The molecule has 6 amide bonds. The highest BCUT2D eigenvalue weighted by Gasteiger charge is 2.57. The molecule has 3 unspecified atom stereocenters. The fraction of sp³-hybridized carbons (Fsp3) is 0.471. The second-order valence-electron chi connectivity index (χ2n) is 32.6. The van der Waals surface area contributed by atoms with Crippen molar-refractivity contribution in [3.05, 3.63) is 191 Å². The van der Waals surface area contributed by atoms with Gasteiger partial charge in [-0.15, -0.1) is 0 Å². The van der Waals surface area contributed by atoms with Crippen molar-refractivity contribution < 1.29 is 50.4 Å². The number of aromatic nitrogens is 3. The number of carbonyl (C=O) groups is 6. The summed E-state index contributed by atoms with van der Waals surface area (Å²) in [4.78, 5) is 107. The highest BCUT2D eigenvalue weighted by Crippen LogP contribution is 2.61. The molecular formula is C85H100N14O11S. The van der Waals surface area contributed by atoms with Crippen molar-refractivity contribution in [3.8, 4) is 0 Å². The fourth-order valence-electron chi connectivity index (χ4n) is 17.8. The number of fused-ring (bicyclic) bond motifs is 3. The lowest BCUT2D eigenvalue weighted by Gasteiger charge is -2.35. The minimum atomic E-state index is -2.92. The molecule has 26 heteroatoms. The lowest BCUT2D eigenvalue weighted by atomic mass is 9.90. The number of likely N-dealkylation sites (tertiary alicyclic amines) is 3. The number of rotatable bonds is 17. The fourth-order valence-corrected chi connectivity index (χ4v) is 19.0. The summed E-state index contributed by atoms with van der Waals surface area (Å²) in [5.74, 6) is 2.41. The third-order valence-corrected chi connectivity index (χ3v) is 27.3. The molecule has 582 valence electrons. The molecule has 18 rings (SSSR count). The molecule has 9 aromatic rings. The Hall–Kier alpha value is -9.86. The van der Waals surface area contributed by atoms with Gasteiger partial charge in [0, 0.05) is 195 Å². The SMILES string of the molecule is CN1CCN(Cc2ccc(C(=O)N3CCC4(CC3)CC4CNC(=O)c3cc4ccncc4o3)cc2)CC1.CN1CCN(Cc2ccccc2C(=O)N2CCC3(CC2)CC3CNC(=O)c2cc3ccncc3o2)CC1.O=C(NCC1CC12CCN(C(=O)c1ccc(N3CCS(=O)(=O)CC3)cc1)CC2)c1cc2ccncc2o1. The van der Waals surface area contributed by atoms with E-state index in [4.69, 9.17) is 13.3 Å². The van der Waals surface area contributed by atoms with Crippen LogP contribution in [0.5, 0.6) is 0 Å². The summed E-state index contributed by atoms with van der Waals surface area (Å²) < 4.78 is 40.2. The van der Waals surface area contributed by atoms with Crippen molar-refractivity contribution in [1.82, 2.24) is 65.2 Å². The second kappa shape index (κ2) is 32.1. The molecule has 25 nitrogen and oxygen atoms in total. The molecule has 9 aliphatic rings. The number of hydrogen-bond acceptors (Lipinski definition) is 19. The number of carbonyl (C=O) groups excluding carboxylic acids is 6. The third kappa shape index (κ3) is 17.3. The summed E-state index contributed by atoms with van der Waals surface area (Å²) in [6.07, 6.45) is 19.1. The molecule has 3 aliphatic carbocycles. The van der Waals surface area contributed by atoms with Gasteiger partial charge in [0.15, 0.2) is 43.9 Å². The van der Waals surface area contributed by atoms with Crippen LogP contribution in [0, 0.1) is 34.0 Å². The number of piperidine rings is 3. The Labute approximate surface area is 647 Å². The van der Waals surface area contributed by atoms with Gasteiger partial charge in [-0.25, -0.2) is 8.42 Å². The molecule has 0 bridgehead atoms. The van der Waals surface area contributed by atoms with Crippen molar-refractivity contribution in [3.63, 3.8) is 0 Å². The number of amides is 6. The number of hydrogen-bond donors (Lipinski definition) is 3. The number of nitrogens with zero attached hydrogens (tertiary/aromatic N) is 11. The third-order valence-electron chi connectivity index (χ3n) is 25.6. The zero-order chi connectivity index (χ0) is 76.4. The Kier molecular flexibility index (Phi) is 21.7. The zero-order valence-electron chi connectivity index (χ0n) is 63.5. The lowest BCUT2D eigenvalue weighted by Crippen LogP contribution is -2.44. The molecule has 6 aromatic heterocycles. The Balaban J connectivity index is 0.000000126. The van der Waals surface area contributed by atoms with E-state index in [0.717, 1.165) is 188 Å². The van der Waals surface area contributed by atoms with Crippen LogP contribution in [-0.4, -0.2) is 243 Å². The van der Waals surface area contributed by atoms with Crippen molar-refractivity contribution in [2.45, 2.75) is 70.9 Å². The first-order valence-corrected chi connectivity index (χ1v) is 41.4. The minimum absolute atomic E-state index is 0.0347. The van der Waals surface area contributed by atoms with Crippen LogP contribution in [0.3, 0.4) is 0 Å². The average Bonchev–Trinajstić information content (AvgIpc) is 1.60.